The molecule has 0 atom stereocenters. The number of nitrogens with zero attached hydrogens (tertiary/aromatic N) is 4. The lowest BCUT2D eigenvalue weighted by Gasteiger charge is -2.10. The average molecular weight is 731 g/mol. The molecule has 12 aromatic rings. The Kier molecular flexibility index (Phi) is 6.83. The maximum absolute atomic E-state index is 6.32. The Morgan fingerprint density at radius 3 is 1.75 bits per heavy atom. The SMILES string of the molecule is c1cc(-c2cccc(-c3ccc4oc5cnc(-c6cccc(-n7c8ccccc8c8ncccc87)c6)cc5c4c3)c2)cc(-c2ccc3oc4ccncc4c3c2)c1. The summed E-state index contributed by atoms with van der Waals surface area (Å²) in [6.45, 7) is 0. The normalized spacial score (nSPS) is 11.9. The lowest BCUT2D eigenvalue weighted by atomic mass is 9.95. The molecule has 6 heteroatoms. The summed E-state index contributed by atoms with van der Waals surface area (Å²) in [5.41, 5.74) is 16.3. The Morgan fingerprint density at radius 2 is 0.982 bits per heavy atom. The summed E-state index contributed by atoms with van der Waals surface area (Å²) in [6.07, 6.45) is 7.34. The van der Waals surface area contributed by atoms with Gasteiger partial charge in [0, 0.05) is 56.8 Å². The quantitative estimate of drug-likeness (QED) is 0.176. The van der Waals surface area contributed by atoms with Crippen LogP contribution in [0.1, 0.15) is 0 Å². The predicted octanol–water partition coefficient (Wildman–Crippen LogP) is 13.4. The second-order valence-corrected chi connectivity index (χ2v) is 14.5. The Balaban J connectivity index is 0.902. The van der Waals surface area contributed by atoms with Crippen molar-refractivity contribution < 1.29 is 8.83 Å². The van der Waals surface area contributed by atoms with Crippen LogP contribution in [0, 0.1) is 0 Å². The van der Waals surface area contributed by atoms with Crippen molar-refractivity contribution in [3.05, 3.63) is 183 Å². The third-order valence-corrected chi connectivity index (χ3v) is 11.2. The molecule has 0 aliphatic carbocycles. The molecule has 0 radical (unpaired) electrons. The van der Waals surface area contributed by atoms with Crippen LogP contribution >= 0.6 is 0 Å². The van der Waals surface area contributed by atoms with Gasteiger partial charge in [0.25, 0.3) is 0 Å². The lowest BCUT2D eigenvalue weighted by molar-refractivity contribution is 0.667. The summed E-state index contributed by atoms with van der Waals surface area (Å²) in [5, 5.41) is 5.31. The molecule has 0 unspecified atom stereocenters. The van der Waals surface area contributed by atoms with E-state index in [1.807, 2.05) is 30.7 Å². The first-order valence-electron chi connectivity index (χ1n) is 19.0. The van der Waals surface area contributed by atoms with E-state index in [0.29, 0.717) is 0 Å². The summed E-state index contributed by atoms with van der Waals surface area (Å²) >= 11 is 0. The van der Waals surface area contributed by atoms with E-state index in [-0.39, 0.29) is 0 Å². The van der Waals surface area contributed by atoms with Crippen molar-refractivity contribution in [2.24, 2.45) is 0 Å². The zero-order valence-corrected chi connectivity index (χ0v) is 30.4. The summed E-state index contributed by atoms with van der Waals surface area (Å²) in [6, 6.07) is 55.5. The van der Waals surface area contributed by atoms with E-state index < -0.39 is 0 Å². The molecule has 0 spiro atoms. The van der Waals surface area contributed by atoms with Crippen molar-refractivity contribution in [1.29, 1.82) is 0 Å². The zero-order valence-electron chi connectivity index (χ0n) is 30.4. The molecule has 0 N–H and O–H groups in total. The van der Waals surface area contributed by atoms with Crippen LogP contribution < -0.4 is 0 Å². The number of para-hydroxylation sites is 1. The Morgan fingerprint density at radius 1 is 0.368 bits per heavy atom. The number of aromatic nitrogens is 4. The highest BCUT2D eigenvalue weighted by atomic mass is 16.3. The number of furan rings is 2. The van der Waals surface area contributed by atoms with Crippen LogP contribution in [0.25, 0.3) is 116 Å². The molecule has 0 amide bonds. The van der Waals surface area contributed by atoms with Crippen molar-refractivity contribution in [1.82, 2.24) is 19.5 Å². The Bertz CT molecular complexity index is 3500. The molecule has 266 valence electrons. The van der Waals surface area contributed by atoms with Gasteiger partial charge in [-0.05, 0) is 112 Å². The second kappa shape index (κ2) is 12.3. The average Bonchev–Trinajstić information content (AvgIpc) is 3.95. The first-order valence-corrected chi connectivity index (χ1v) is 19.0. The van der Waals surface area contributed by atoms with E-state index in [9.17, 15) is 0 Å². The third kappa shape index (κ3) is 5.08. The Hall–Kier alpha value is -7.83. The fraction of sp³-hybridized carbons (Fsp3) is 0. The van der Waals surface area contributed by atoms with Crippen LogP contribution in [-0.2, 0) is 0 Å². The van der Waals surface area contributed by atoms with Gasteiger partial charge in [-0.3, -0.25) is 15.0 Å². The number of pyridine rings is 3. The van der Waals surface area contributed by atoms with Gasteiger partial charge in [0.1, 0.15) is 16.7 Å². The van der Waals surface area contributed by atoms with Crippen LogP contribution in [0.4, 0.5) is 0 Å². The molecule has 6 heterocycles. The molecule has 0 aliphatic rings. The number of rotatable bonds is 5. The third-order valence-electron chi connectivity index (χ3n) is 11.2. The van der Waals surface area contributed by atoms with Gasteiger partial charge in [-0.15, -0.1) is 0 Å². The van der Waals surface area contributed by atoms with Gasteiger partial charge in [-0.1, -0.05) is 78.9 Å². The van der Waals surface area contributed by atoms with Gasteiger partial charge >= 0.3 is 0 Å². The summed E-state index contributed by atoms with van der Waals surface area (Å²) in [4.78, 5) is 13.9. The van der Waals surface area contributed by atoms with Crippen molar-refractivity contribution in [3.8, 4) is 50.3 Å². The number of hydrogen-bond acceptors (Lipinski definition) is 5. The molecule has 0 fully saturated rings. The first-order chi connectivity index (χ1) is 28.2. The molecular formula is C51H30N4O2. The minimum atomic E-state index is 0.763. The smallest absolute Gasteiger partial charge is 0.153 e. The highest BCUT2D eigenvalue weighted by Crippen LogP contribution is 2.38. The second-order valence-electron chi connectivity index (χ2n) is 14.5. The van der Waals surface area contributed by atoms with Crippen LogP contribution in [0.15, 0.2) is 191 Å². The van der Waals surface area contributed by atoms with Gasteiger partial charge in [0.15, 0.2) is 5.58 Å². The maximum atomic E-state index is 6.32. The molecule has 57 heavy (non-hydrogen) atoms. The molecule has 0 saturated heterocycles. The van der Waals surface area contributed by atoms with E-state index in [4.69, 9.17) is 18.8 Å². The van der Waals surface area contributed by atoms with Crippen molar-refractivity contribution in [3.63, 3.8) is 0 Å². The van der Waals surface area contributed by atoms with E-state index in [1.165, 1.54) is 0 Å². The molecule has 0 aliphatic heterocycles. The molecule has 0 bridgehead atoms. The maximum Gasteiger partial charge on any atom is 0.153 e. The van der Waals surface area contributed by atoms with Gasteiger partial charge < -0.3 is 13.4 Å². The monoisotopic (exact) mass is 730 g/mol. The molecular weight excluding hydrogens is 701 g/mol. The molecule has 6 aromatic heterocycles. The van der Waals surface area contributed by atoms with Crippen molar-refractivity contribution >= 4 is 65.8 Å². The number of hydrogen-bond donors (Lipinski definition) is 0. The fourth-order valence-electron chi connectivity index (χ4n) is 8.44. The highest BCUT2D eigenvalue weighted by Gasteiger charge is 2.16. The topological polar surface area (TPSA) is 69.9 Å². The van der Waals surface area contributed by atoms with Gasteiger partial charge in [0.2, 0.25) is 0 Å². The van der Waals surface area contributed by atoms with Crippen LogP contribution in [-0.4, -0.2) is 19.5 Å². The fourth-order valence-corrected chi connectivity index (χ4v) is 8.44. The molecule has 6 nitrogen and oxygen atoms in total. The van der Waals surface area contributed by atoms with E-state index >= 15 is 0 Å². The Labute approximate surface area is 325 Å². The van der Waals surface area contributed by atoms with Crippen molar-refractivity contribution in [2.75, 3.05) is 0 Å². The minimum absolute atomic E-state index is 0.763. The molecule has 12 rings (SSSR count). The van der Waals surface area contributed by atoms with Crippen LogP contribution in [0.2, 0.25) is 0 Å². The van der Waals surface area contributed by atoms with Crippen molar-refractivity contribution in [2.45, 2.75) is 0 Å². The minimum Gasteiger partial charge on any atom is -0.456 e. The number of fused-ring (bicyclic) bond motifs is 9. The summed E-state index contributed by atoms with van der Waals surface area (Å²) in [5.74, 6) is 0. The summed E-state index contributed by atoms with van der Waals surface area (Å²) < 4.78 is 14.7. The van der Waals surface area contributed by atoms with Gasteiger partial charge in [0.05, 0.1) is 28.4 Å². The first kappa shape index (κ1) is 31.5. The largest absolute Gasteiger partial charge is 0.456 e. The zero-order chi connectivity index (χ0) is 37.5. The number of benzene rings is 6. The van der Waals surface area contributed by atoms with E-state index in [2.05, 4.69) is 155 Å². The molecule has 6 aromatic carbocycles. The van der Waals surface area contributed by atoms with E-state index in [1.54, 1.807) is 6.20 Å². The van der Waals surface area contributed by atoms with Gasteiger partial charge in [-0.25, -0.2) is 0 Å². The van der Waals surface area contributed by atoms with Crippen LogP contribution in [0.3, 0.4) is 0 Å². The van der Waals surface area contributed by atoms with Crippen LogP contribution in [0.5, 0.6) is 0 Å². The highest BCUT2D eigenvalue weighted by molar-refractivity contribution is 6.09. The predicted molar refractivity (Wildman–Crippen MR) is 230 cm³/mol. The molecule has 0 saturated carbocycles. The standard InChI is InChI=1S/C51H30N4O2/c1-2-14-45-39(13-1)51-46(15-6-21-53-51)55(45)38-12-5-11-37(25-38)44-28-42-40-26-35(16-18-47(40)57-50(42)30-54-44)33-9-3-7-31(23-33)32-8-4-10-34(24-32)36-17-19-48-41(27-36)43-29-52-22-20-49(43)56-48/h1-30H. The van der Waals surface area contributed by atoms with E-state index in [0.717, 1.165) is 116 Å². The van der Waals surface area contributed by atoms with Gasteiger partial charge in [-0.2, -0.15) is 0 Å². The summed E-state index contributed by atoms with van der Waals surface area (Å²) in [7, 11) is 0. The lowest BCUT2D eigenvalue weighted by Crippen LogP contribution is -1.94.